The highest BCUT2D eigenvalue weighted by Gasteiger charge is 2.13. The summed E-state index contributed by atoms with van der Waals surface area (Å²) in [4.78, 5) is 0. The lowest BCUT2D eigenvalue weighted by Gasteiger charge is -2.05. The first-order chi connectivity index (χ1) is 12.8. The van der Waals surface area contributed by atoms with Gasteiger partial charge in [0.1, 0.15) is 11.2 Å². The molecule has 0 bridgehead atoms. The van der Waals surface area contributed by atoms with Gasteiger partial charge in [0.05, 0.1) is 0 Å². The topological polar surface area (TPSA) is 13.1 Å². The molecule has 1 aromatic heterocycles. The zero-order valence-corrected chi connectivity index (χ0v) is 14.6. The first kappa shape index (κ1) is 15.0. The minimum atomic E-state index is 0.962. The Balaban J connectivity index is 1.67. The summed E-state index contributed by atoms with van der Waals surface area (Å²) in [5.41, 5.74) is 7.88. The predicted molar refractivity (Wildman–Crippen MR) is 109 cm³/mol. The highest BCUT2D eigenvalue weighted by Crippen LogP contribution is 2.37. The molecule has 124 valence electrons. The standard InChI is InChI=1S/C25H18O/c1-17-7-5-11-22-23-12-6-10-21(25(23)26-24(17)22)20-15-13-19(14-16-20)18-8-3-2-4-9-18/h2-16H,1H3. The van der Waals surface area contributed by atoms with Gasteiger partial charge in [-0.3, -0.25) is 0 Å². The second-order valence-electron chi connectivity index (χ2n) is 6.68. The monoisotopic (exact) mass is 334 g/mol. The summed E-state index contributed by atoms with van der Waals surface area (Å²) in [7, 11) is 0. The van der Waals surface area contributed by atoms with Crippen molar-refractivity contribution in [2.24, 2.45) is 0 Å². The van der Waals surface area contributed by atoms with Crippen molar-refractivity contribution < 1.29 is 4.42 Å². The Kier molecular flexibility index (Phi) is 3.39. The van der Waals surface area contributed by atoms with Crippen molar-refractivity contribution in [3.63, 3.8) is 0 Å². The highest BCUT2D eigenvalue weighted by atomic mass is 16.3. The SMILES string of the molecule is Cc1cccc2c1oc1c(-c3ccc(-c4ccccc4)cc3)cccc12. The Hall–Kier alpha value is -3.32. The minimum Gasteiger partial charge on any atom is -0.455 e. The molecule has 0 saturated heterocycles. The lowest BCUT2D eigenvalue weighted by Crippen LogP contribution is -1.81. The van der Waals surface area contributed by atoms with Gasteiger partial charge in [-0.05, 0) is 29.2 Å². The summed E-state index contributed by atoms with van der Waals surface area (Å²) < 4.78 is 6.28. The van der Waals surface area contributed by atoms with Crippen LogP contribution in [0.5, 0.6) is 0 Å². The normalized spacial score (nSPS) is 11.3. The van der Waals surface area contributed by atoms with E-state index in [0.29, 0.717) is 0 Å². The van der Waals surface area contributed by atoms with Gasteiger partial charge in [-0.15, -0.1) is 0 Å². The Labute approximate surface area is 152 Å². The summed E-state index contributed by atoms with van der Waals surface area (Å²) in [5.74, 6) is 0. The molecule has 0 aliphatic rings. The number of rotatable bonds is 2. The summed E-state index contributed by atoms with van der Waals surface area (Å²) >= 11 is 0. The second-order valence-corrected chi connectivity index (χ2v) is 6.68. The van der Waals surface area contributed by atoms with Crippen LogP contribution in [0.15, 0.2) is 95.4 Å². The predicted octanol–water partition coefficient (Wildman–Crippen LogP) is 7.23. The molecule has 0 fully saturated rings. The fourth-order valence-corrected chi connectivity index (χ4v) is 3.66. The molecule has 0 amide bonds. The molecule has 0 aliphatic heterocycles. The van der Waals surface area contributed by atoms with Crippen LogP contribution in [0, 0.1) is 6.92 Å². The molecule has 4 aromatic carbocycles. The largest absolute Gasteiger partial charge is 0.455 e. The maximum absolute atomic E-state index is 6.28. The van der Waals surface area contributed by atoms with Crippen molar-refractivity contribution in [1.82, 2.24) is 0 Å². The Morgan fingerprint density at radius 2 is 1.12 bits per heavy atom. The van der Waals surface area contributed by atoms with Crippen molar-refractivity contribution in [3.05, 3.63) is 96.6 Å². The Bertz CT molecular complexity index is 1210. The third-order valence-electron chi connectivity index (χ3n) is 5.02. The molecule has 5 rings (SSSR count). The van der Waals surface area contributed by atoms with Crippen molar-refractivity contribution >= 4 is 21.9 Å². The number of benzene rings is 4. The lowest BCUT2D eigenvalue weighted by molar-refractivity contribution is 0.667. The van der Waals surface area contributed by atoms with Crippen LogP contribution in [-0.2, 0) is 0 Å². The van der Waals surface area contributed by atoms with Crippen LogP contribution < -0.4 is 0 Å². The van der Waals surface area contributed by atoms with Gasteiger partial charge in [-0.2, -0.15) is 0 Å². The number of furan rings is 1. The molecule has 0 spiro atoms. The van der Waals surface area contributed by atoms with Crippen LogP contribution in [0.3, 0.4) is 0 Å². The van der Waals surface area contributed by atoms with Gasteiger partial charge in [0, 0.05) is 16.3 Å². The first-order valence-electron chi connectivity index (χ1n) is 8.88. The maximum Gasteiger partial charge on any atom is 0.143 e. The van der Waals surface area contributed by atoms with Crippen molar-refractivity contribution in [2.45, 2.75) is 6.92 Å². The maximum atomic E-state index is 6.28. The summed E-state index contributed by atoms with van der Waals surface area (Å²) in [6.07, 6.45) is 0. The van der Waals surface area contributed by atoms with Gasteiger partial charge in [-0.25, -0.2) is 0 Å². The third kappa shape index (κ3) is 2.33. The smallest absolute Gasteiger partial charge is 0.143 e. The van der Waals surface area contributed by atoms with Crippen LogP contribution >= 0.6 is 0 Å². The minimum absolute atomic E-state index is 0.962. The van der Waals surface area contributed by atoms with Crippen LogP contribution in [0.4, 0.5) is 0 Å². The number of para-hydroxylation sites is 2. The van der Waals surface area contributed by atoms with Gasteiger partial charge in [-0.1, -0.05) is 91.0 Å². The molecule has 1 nitrogen and oxygen atoms in total. The molecule has 1 heterocycles. The Morgan fingerprint density at radius 1 is 0.500 bits per heavy atom. The van der Waals surface area contributed by atoms with E-state index in [-0.39, 0.29) is 0 Å². The summed E-state index contributed by atoms with van der Waals surface area (Å²) in [5, 5.41) is 2.36. The van der Waals surface area contributed by atoms with E-state index in [0.717, 1.165) is 16.7 Å². The van der Waals surface area contributed by atoms with Gasteiger partial charge < -0.3 is 4.42 Å². The van der Waals surface area contributed by atoms with Crippen LogP contribution in [0.1, 0.15) is 5.56 Å². The van der Waals surface area contributed by atoms with Crippen LogP contribution in [0.25, 0.3) is 44.2 Å². The third-order valence-corrected chi connectivity index (χ3v) is 5.02. The molecule has 0 radical (unpaired) electrons. The molecule has 0 aliphatic carbocycles. The van der Waals surface area contributed by atoms with E-state index in [1.807, 2.05) is 6.07 Å². The van der Waals surface area contributed by atoms with E-state index in [9.17, 15) is 0 Å². The van der Waals surface area contributed by atoms with E-state index < -0.39 is 0 Å². The van der Waals surface area contributed by atoms with E-state index in [1.165, 1.54) is 33.0 Å². The molecular weight excluding hydrogens is 316 g/mol. The lowest BCUT2D eigenvalue weighted by atomic mass is 9.99. The van der Waals surface area contributed by atoms with E-state index >= 15 is 0 Å². The molecule has 26 heavy (non-hydrogen) atoms. The van der Waals surface area contributed by atoms with E-state index in [1.54, 1.807) is 0 Å². The van der Waals surface area contributed by atoms with Gasteiger partial charge in [0.15, 0.2) is 0 Å². The van der Waals surface area contributed by atoms with Gasteiger partial charge in [0.2, 0.25) is 0 Å². The van der Waals surface area contributed by atoms with Crippen molar-refractivity contribution in [3.8, 4) is 22.3 Å². The fourth-order valence-electron chi connectivity index (χ4n) is 3.66. The zero-order chi connectivity index (χ0) is 17.5. The van der Waals surface area contributed by atoms with Gasteiger partial charge >= 0.3 is 0 Å². The summed E-state index contributed by atoms with van der Waals surface area (Å²) in [6, 6.07) is 31.9. The highest BCUT2D eigenvalue weighted by molar-refractivity contribution is 6.10. The van der Waals surface area contributed by atoms with Crippen LogP contribution in [-0.4, -0.2) is 0 Å². The summed E-state index contributed by atoms with van der Waals surface area (Å²) in [6.45, 7) is 2.10. The van der Waals surface area contributed by atoms with Crippen molar-refractivity contribution in [1.29, 1.82) is 0 Å². The molecule has 0 unspecified atom stereocenters. The molecule has 0 N–H and O–H groups in total. The van der Waals surface area contributed by atoms with E-state index in [4.69, 9.17) is 4.42 Å². The zero-order valence-electron chi connectivity index (χ0n) is 14.6. The molecule has 1 heteroatoms. The Morgan fingerprint density at radius 3 is 1.88 bits per heavy atom. The fraction of sp³-hybridized carbons (Fsp3) is 0.0400. The average molecular weight is 334 g/mol. The molecule has 0 atom stereocenters. The number of fused-ring (bicyclic) bond motifs is 3. The first-order valence-corrected chi connectivity index (χ1v) is 8.88. The van der Waals surface area contributed by atoms with E-state index in [2.05, 4.69) is 91.9 Å². The quantitative estimate of drug-likeness (QED) is 0.332. The number of hydrogen-bond acceptors (Lipinski definition) is 1. The molecule has 0 saturated carbocycles. The molecular formula is C25H18O. The number of aryl methyl sites for hydroxylation is 1. The molecule has 5 aromatic rings. The second kappa shape index (κ2) is 5.89. The van der Waals surface area contributed by atoms with Crippen molar-refractivity contribution in [2.75, 3.05) is 0 Å². The number of hydrogen-bond donors (Lipinski definition) is 0. The van der Waals surface area contributed by atoms with Crippen LogP contribution in [0.2, 0.25) is 0 Å². The van der Waals surface area contributed by atoms with Gasteiger partial charge in [0.25, 0.3) is 0 Å². The average Bonchev–Trinajstić information content (AvgIpc) is 3.09.